The highest BCUT2D eigenvalue weighted by atomic mass is 19.1. The highest BCUT2D eigenvalue weighted by molar-refractivity contribution is 5.81. The highest BCUT2D eigenvalue weighted by Gasteiger charge is 2.21. The lowest BCUT2D eigenvalue weighted by Gasteiger charge is -2.21. The van der Waals surface area contributed by atoms with Gasteiger partial charge in [0.1, 0.15) is 17.3 Å². The summed E-state index contributed by atoms with van der Waals surface area (Å²) in [4.78, 5) is 12.4. The van der Waals surface area contributed by atoms with Crippen LogP contribution < -0.4 is 14.8 Å². The van der Waals surface area contributed by atoms with Crippen molar-refractivity contribution < 1.29 is 18.7 Å². The summed E-state index contributed by atoms with van der Waals surface area (Å²) >= 11 is 0. The van der Waals surface area contributed by atoms with Crippen LogP contribution in [0.4, 0.5) is 4.39 Å². The van der Waals surface area contributed by atoms with Gasteiger partial charge in [-0.2, -0.15) is 0 Å². The molecule has 24 heavy (non-hydrogen) atoms. The van der Waals surface area contributed by atoms with E-state index in [1.165, 1.54) is 12.1 Å². The summed E-state index contributed by atoms with van der Waals surface area (Å²) in [6, 6.07) is 13.0. The first-order chi connectivity index (χ1) is 11.5. The molecule has 4 nitrogen and oxygen atoms in total. The monoisotopic (exact) mass is 331 g/mol. The standard InChI is InChI=1S/C19H22FNO3/c1-4-18(24-17-7-5-6-16(12-17)23-3)19(22)21-13(2)14-8-10-15(20)11-9-14/h5-13,18H,4H2,1-3H3,(H,21,22)/t13-,18+/m1/s1. The molecule has 0 saturated heterocycles. The summed E-state index contributed by atoms with van der Waals surface area (Å²) in [5.74, 6) is 0.732. The van der Waals surface area contributed by atoms with Crippen molar-refractivity contribution in [2.24, 2.45) is 0 Å². The predicted octanol–water partition coefficient (Wildman–Crippen LogP) is 3.87. The lowest BCUT2D eigenvalue weighted by Crippen LogP contribution is -2.39. The van der Waals surface area contributed by atoms with Gasteiger partial charge < -0.3 is 14.8 Å². The summed E-state index contributed by atoms with van der Waals surface area (Å²) in [5.41, 5.74) is 0.834. The lowest BCUT2D eigenvalue weighted by atomic mass is 10.1. The average molecular weight is 331 g/mol. The number of rotatable bonds is 7. The number of carbonyl (C=O) groups excluding carboxylic acids is 1. The Hall–Kier alpha value is -2.56. The highest BCUT2D eigenvalue weighted by Crippen LogP contribution is 2.21. The summed E-state index contributed by atoms with van der Waals surface area (Å²) < 4.78 is 23.9. The number of ether oxygens (including phenoxy) is 2. The van der Waals surface area contributed by atoms with Crippen molar-refractivity contribution in [3.8, 4) is 11.5 Å². The topological polar surface area (TPSA) is 47.6 Å². The van der Waals surface area contributed by atoms with E-state index in [4.69, 9.17) is 9.47 Å². The Bertz CT molecular complexity index is 673. The average Bonchev–Trinajstić information content (AvgIpc) is 2.60. The van der Waals surface area contributed by atoms with Gasteiger partial charge in [0.05, 0.1) is 13.2 Å². The number of benzene rings is 2. The normalized spacial score (nSPS) is 13.0. The number of nitrogens with one attached hydrogen (secondary N) is 1. The Morgan fingerprint density at radius 1 is 1.17 bits per heavy atom. The summed E-state index contributed by atoms with van der Waals surface area (Å²) in [6.45, 7) is 3.73. The Kier molecular flexibility index (Phi) is 6.18. The number of hydrogen-bond acceptors (Lipinski definition) is 3. The molecule has 128 valence electrons. The minimum atomic E-state index is -0.611. The molecule has 0 unspecified atom stereocenters. The van der Waals surface area contributed by atoms with Crippen LogP contribution in [0, 0.1) is 5.82 Å². The first kappa shape index (κ1) is 17.8. The van der Waals surface area contributed by atoms with Crippen LogP contribution in [0.25, 0.3) is 0 Å². The van der Waals surface area contributed by atoms with Crippen LogP contribution in [0.5, 0.6) is 11.5 Å². The van der Waals surface area contributed by atoms with Gasteiger partial charge in [0, 0.05) is 6.07 Å². The van der Waals surface area contributed by atoms with Crippen molar-refractivity contribution in [2.75, 3.05) is 7.11 Å². The largest absolute Gasteiger partial charge is 0.497 e. The summed E-state index contributed by atoms with van der Waals surface area (Å²) in [5, 5.41) is 2.90. The third-order valence-corrected chi connectivity index (χ3v) is 3.71. The van der Waals surface area contributed by atoms with Crippen LogP contribution in [0.3, 0.4) is 0 Å². The summed E-state index contributed by atoms with van der Waals surface area (Å²) in [7, 11) is 1.58. The van der Waals surface area contributed by atoms with Crippen LogP contribution in [-0.4, -0.2) is 19.1 Å². The van der Waals surface area contributed by atoms with Gasteiger partial charge >= 0.3 is 0 Å². The zero-order chi connectivity index (χ0) is 17.5. The van der Waals surface area contributed by atoms with Crippen LogP contribution in [0.2, 0.25) is 0 Å². The smallest absolute Gasteiger partial charge is 0.261 e. The van der Waals surface area contributed by atoms with E-state index in [1.807, 2.05) is 19.9 Å². The van der Waals surface area contributed by atoms with Gasteiger partial charge in [0.25, 0.3) is 5.91 Å². The minimum Gasteiger partial charge on any atom is -0.497 e. The number of halogens is 1. The fourth-order valence-electron chi connectivity index (χ4n) is 2.30. The van der Waals surface area contributed by atoms with Gasteiger partial charge in [-0.1, -0.05) is 25.1 Å². The van der Waals surface area contributed by atoms with E-state index in [0.29, 0.717) is 17.9 Å². The van der Waals surface area contributed by atoms with E-state index < -0.39 is 6.10 Å². The second-order valence-corrected chi connectivity index (χ2v) is 5.48. The zero-order valence-corrected chi connectivity index (χ0v) is 14.1. The molecule has 0 bridgehead atoms. The molecule has 2 aromatic carbocycles. The van der Waals surface area contributed by atoms with Crippen molar-refractivity contribution in [3.05, 3.63) is 59.9 Å². The fraction of sp³-hybridized carbons (Fsp3) is 0.316. The summed E-state index contributed by atoms with van der Waals surface area (Å²) in [6.07, 6.45) is -0.0841. The van der Waals surface area contributed by atoms with Crippen molar-refractivity contribution in [1.29, 1.82) is 0 Å². The second-order valence-electron chi connectivity index (χ2n) is 5.48. The molecule has 0 radical (unpaired) electrons. The van der Waals surface area contributed by atoms with Gasteiger partial charge in [-0.15, -0.1) is 0 Å². The molecule has 1 N–H and O–H groups in total. The number of hydrogen-bond donors (Lipinski definition) is 1. The van der Waals surface area contributed by atoms with Gasteiger partial charge in [0.15, 0.2) is 6.10 Å². The number of carbonyl (C=O) groups is 1. The van der Waals surface area contributed by atoms with Crippen LogP contribution in [-0.2, 0) is 4.79 Å². The molecule has 5 heteroatoms. The first-order valence-corrected chi connectivity index (χ1v) is 7.90. The molecule has 0 aliphatic rings. The van der Waals surface area contributed by atoms with Crippen molar-refractivity contribution in [2.45, 2.75) is 32.4 Å². The molecule has 2 atom stereocenters. The van der Waals surface area contributed by atoms with Crippen LogP contribution in [0.15, 0.2) is 48.5 Å². The van der Waals surface area contributed by atoms with E-state index in [0.717, 1.165) is 5.56 Å². The molecule has 0 heterocycles. The van der Waals surface area contributed by atoms with Crippen LogP contribution in [0.1, 0.15) is 31.9 Å². The van der Waals surface area contributed by atoms with Crippen molar-refractivity contribution in [1.82, 2.24) is 5.32 Å². The quantitative estimate of drug-likeness (QED) is 0.838. The van der Waals surface area contributed by atoms with E-state index in [1.54, 1.807) is 37.4 Å². The van der Waals surface area contributed by atoms with Gasteiger partial charge in [-0.05, 0) is 43.2 Å². The van der Waals surface area contributed by atoms with Crippen LogP contribution >= 0.6 is 0 Å². The maximum absolute atomic E-state index is 13.0. The molecule has 0 aliphatic carbocycles. The molecule has 0 fully saturated rings. The molecule has 0 saturated carbocycles. The number of methoxy groups -OCH3 is 1. The molecule has 2 aromatic rings. The van der Waals surface area contributed by atoms with Gasteiger partial charge in [-0.3, -0.25) is 4.79 Å². The molecule has 0 aliphatic heterocycles. The maximum atomic E-state index is 13.0. The molecular weight excluding hydrogens is 309 g/mol. The Labute approximate surface area is 141 Å². The Morgan fingerprint density at radius 3 is 2.46 bits per heavy atom. The Balaban J connectivity index is 2.01. The molecular formula is C19H22FNO3. The zero-order valence-electron chi connectivity index (χ0n) is 14.1. The first-order valence-electron chi connectivity index (χ1n) is 7.90. The van der Waals surface area contributed by atoms with Crippen molar-refractivity contribution in [3.63, 3.8) is 0 Å². The fourth-order valence-corrected chi connectivity index (χ4v) is 2.30. The molecule has 0 spiro atoms. The van der Waals surface area contributed by atoms with E-state index in [-0.39, 0.29) is 17.8 Å². The minimum absolute atomic E-state index is 0.211. The predicted molar refractivity (Wildman–Crippen MR) is 90.7 cm³/mol. The van der Waals surface area contributed by atoms with Gasteiger partial charge in [0.2, 0.25) is 0 Å². The molecule has 2 rings (SSSR count). The van der Waals surface area contributed by atoms with E-state index >= 15 is 0 Å². The number of amides is 1. The third-order valence-electron chi connectivity index (χ3n) is 3.71. The Morgan fingerprint density at radius 2 is 1.83 bits per heavy atom. The van der Waals surface area contributed by atoms with Gasteiger partial charge in [-0.25, -0.2) is 4.39 Å². The molecule has 0 aromatic heterocycles. The molecule has 1 amide bonds. The van der Waals surface area contributed by atoms with E-state index in [9.17, 15) is 9.18 Å². The third kappa shape index (κ3) is 4.72. The van der Waals surface area contributed by atoms with E-state index in [2.05, 4.69) is 5.32 Å². The SMILES string of the molecule is CC[C@H](Oc1cccc(OC)c1)C(=O)N[C@H](C)c1ccc(F)cc1. The van der Waals surface area contributed by atoms with Crippen molar-refractivity contribution >= 4 is 5.91 Å². The lowest BCUT2D eigenvalue weighted by molar-refractivity contribution is -0.128. The second kappa shape index (κ2) is 8.34. The maximum Gasteiger partial charge on any atom is 0.261 e.